The molecule has 0 aliphatic rings. The monoisotopic (exact) mass is 144 g/mol. The van der Waals surface area contributed by atoms with E-state index in [1.54, 1.807) is 0 Å². The van der Waals surface area contributed by atoms with Gasteiger partial charge in [-0.3, -0.25) is 0 Å². The van der Waals surface area contributed by atoms with Crippen molar-refractivity contribution in [2.75, 3.05) is 12.0 Å². The molecular formula is C8H16S. The number of thioether (sulfide) groups is 1. The molecule has 0 N–H and O–H groups in total. The van der Waals surface area contributed by atoms with Gasteiger partial charge in [0.2, 0.25) is 0 Å². The van der Waals surface area contributed by atoms with Crippen LogP contribution in [0.5, 0.6) is 0 Å². The molecule has 0 aromatic rings. The highest BCUT2D eigenvalue weighted by atomic mass is 32.2. The Labute approximate surface area is 62.7 Å². The van der Waals surface area contributed by atoms with Crippen molar-refractivity contribution in [3.05, 3.63) is 11.6 Å². The van der Waals surface area contributed by atoms with Crippen molar-refractivity contribution in [1.29, 1.82) is 0 Å². The number of unbranched alkanes of at least 4 members (excludes halogenated alkanes) is 1. The van der Waals surface area contributed by atoms with E-state index in [9.17, 15) is 0 Å². The minimum absolute atomic E-state index is 1.25. The topological polar surface area (TPSA) is 0 Å². The molecule has 0 saturated carbocycles. The summed E-state index contributed by atoms with van der Waals surface area (Å²) in [5, 5.41) is 0. The highest BCUT2D eigenvalue weighted by Gasteiger charge is 1.81. The van der Waals surface area contributed by atoms with Gasteiger partial charge in [0.1, 0.15) is 0 Å². The summed E-state index contributed by atoms with van der Waals surface area (Å²) in [5.41, 5.74) is 1.44. The first-order valence-corrected chi connectivity index (χ1v) is 4.79. The Kier molecular flexibility index (Phi) is 6.28. The third-order valence-electron chi connectivity index (χ3n) is 1.11. The lowest BCUT2D eigenvalue weighted by molar-refractivity contribution is 0.962. The van der Waals surface area contributed by atoms with Crippen LogP contribution in [0, 0.1) is 0 Å². The molecule has 0 aliphatic carbocycles. The molecule has 54 valence electrons. The van der Waals surface area contributed by atoms with Gasteiger partial charge in [0.25, 0.3) is 0 Å². The van der Waals surface area contributed by atoms with E-state index < -0.39 is 0 Å². The van der Waals surface area contributed by atoms with Crippen molar-refractivity contribution >= 4 is 11.8 Å². The lowest BCUT2D eigenvalue weighted by atomic mass is 10.2. The normalized spacial score (nSPS) is 9.22. The first-order chi connectivity index (χ1) is 4.27. The predicted octanol–water partition coefficient (Wildman–Crippen LogP) is 3.10. The lowest BCUT2D eigenvalue weighted by Crippen LogP contribution is -1.75. The van der Waals surface area contributed by atoms with Crippen LogP contribution in [0.25, 0.3) is 0 Å². The van der Waals surface area contributed by atoms with Crippen LogP contribution in [0.15, 0.2) is 11.6 Å². The Morgan fingerprint density at radius 1 is 1.44 bits per heavy atom. The maximum Gasteiger partial charge on any atom is -0.00674 e. The molecule has 0 nitrogen and oxygen atoms in total. The van der Waals surface area contributed by atoms with E-state index in [-0.39, 0.29) is 0 Å². The molecule has 0 fully saturated rings. The fourth-order valence-corrected chi connectivity index (χ4v) is 1.07. The second-order valence-electron chi connectivity index (χ2n) is 2.42. The second-order valence-corrected chi connectivity index (χ2v) is 3.40. The number of rotatable bonds is 4. The molecule has 0 saturated heterocycles. The van der Waals surface area contributed by atoms with Crippen LogP contribution in [0.4, 0.5) is 0 Å². The molecule has 0 heterocycles. The Balaban J connectivity index is 3.00. The van der Waals surface area contributed by atoms with Gasteiger partial charge >= 0.3 is 0 Å². The summed E-state index contributed by atoms with van der Waals surface area (Å²) in [6.07, 6.45) is 7.04. The van der Waals surface area contributed by atoms with E-state index in [1.165, 1.54) is 24.2 Å². The zero-order valence-corrected chi connectivity index (χ0v) is 7.42. The standard InChI is InChI=1S/C8H16S/c1-8(2)6-4-5-7-9-3/h6H,4-5,7H2,1-3H3. The average Bonchev–Trinajstić information content (AvgIpc) is 1.80. The van der Waals surface area contributed by atoms with E-state index in [1.807, 2.05) is 11.8 Å². The predicted molar refractivity (Wildman–Crippen MR) is 47.0 cm³/mol. The van der Waals surface area contributed by atoms with Crippen molar-refractivity contribution in [2.24, 2.45) is 0 Å². The summed E-state index contributed by atoms with van der Waals surface area (Å²) in [6.45, 7) is 4.30. The number of hydrogen-bond acceptors (Lipinski definition) is 1. The zero-order chi connectivity index (χ0) is 7.11. The van der Waals surface area contributed by atoms with E-state index in [4.69, 9.17) is 0 Å². The van der Waals surface area contributed by atoms with Gasteiger partial charge in [0, 0.05) is 0 Å². The molecule has 0 atom stereocenters. The lowest BCUT2D eigenvalue weighted by Gasteiger charge is -1.92. The molecule has 0 radical (unpaired) electrons. The molecule has 0 rings (SSSR count). The van der Waals surface area contributed by atoms with Crippen molar-refractivity contribution in [1.82, 2.24) is 0 Å². The van der Waals surface area contributed by atoms with E-state index in [2.05, 4.69) is 26.2 Å². The van der Waals surface area contributed by atoms with Crippen LogP contribution in [0.1, 0.15) is 26.7 Å². The molecule has 0 unspecified atom stereocenters. The van der Waals surface area contributed by atoms with Gasteiger partial charge in [-0.15, -0.1) is 0 Å². The smallest absolute Gasteiger partial charge is 0.00674 e. The van der Waals surface area contributed by atoms with Crippen LogP contribution in [0.3, 0.4) is 0 Å². The van der Waals surface area contributed by atoms with Crippen LogP contribution in [-0.2, 0) is 0 Å². The number of allylic oxidation sites excluding steroid dienone is 2. The average molecular weight is 144 g/mol. The molecule has 0 aromatic heterocycles. The summed E-state index contributed by atoms with van der Waals surface area (Å²) in [5.74, 6) is 1.30. The highest BCUT2D eigenvalue weighted by molar-refractivity contribution is 7.98. The SMILES string of the molecule is CSCCCC=C(C)C. The summed E-state index contributed by atoms with van der Waals surface area (Å²) >= 11 is 1.92. The maximum atomic E-state index is 2.30. The van der Waals surface area contributed by atoms with Crippen LogP contribution in [-0.4, -0.2) is 12.0 Å². The molecular weight excluding hydrogens is 128 g/mol. The third kappa shape index (κ3) is 8.09. The molecule has 0 aromatic carbocycles. The first kappa shape index (κ1) is 9.09. The van der Waals surface area contributed by atoms with E-state index in [0.717, 1.165) is 0 Å². The fraction of sp³-hybridized carbons (Fsp3) is 0.750. The highest BCUT2D eigenvalue weighted by Crippen LogP contribution is 2.01. The van der Waals surface area contributed by atoms with Gasteiger partial charge in [-0.25, -0.2) is 0 Å². The van der Waals surface area contributed by atoms with Gasteiger partial charge in [-0.1, -0.05) is 11.6 Å². The molecule has 0 spiro atoms. The summed E-state index contributed by atoms with van der Waals surface area (Å²) in [7, 11) is 0. The second kappa shape index (κ2) is 6.21. The largest absolute Gasteiger partial charge is 0.165 e. The summed E-state index contributed by atoms with van der Waals surface area (Å²) in [4.78, 5) is 0. The van der Waals surface area contributed by atoms with Gasteiger partial charge in [0.15, 0.2) is 0 Å². The Bertz CT molecular complexity index is 80.6. The van der Waals surface area contributed by atoms with Crippen LogP contribution < -0.4 is 0 Å². The van der Waals surface area contributed by atoms with Crippen molar-refractivity contribution in [3.63, 3.8) is 0 Å². The van der Waals surface area contributed by atoms with Gasteiger partial charge in [0.05, 0.1) is 0 Å². The van der Waals surface area contributed by atoms with Crippen LogP contribution >= 0.6 is 11.8 Å². The quantitative estimate of drug-likeness (QED) is 0.431. The fourth-order valence-electron chi connectivity index (χ4n) is 0.618. The molecule has 9 heavy (non-hydrogen) atoms. The van der Waals surface area contributed by atoms with E-state index >= 15 is 0 Å². The molecule has 1 heteroatoms. The number of hydrogen-bond donors (Lipinski definition) is 0. The minimum atomic E-state index is 1.25. The molecule has 0 bridgehead atoms. The first-order valence-electron chi connectivity index (χ1n) is 3.39. The van der Waals surface area contributed by atoms with E-state index in [0.29, 0.717) is 0 Å². The molecule has 0 amide bonds. The van der Waals surface area contributed by atoms with Gasteiger partial charge in [-0.05, 0) is 38.7 Å². The maximum absolute atomic E-state index is 2.30. The Morgan fingerprint density at radius 3 is 2.56 bits per heavy atom. The van der Waals surface area contributed by atoms with Crippen molar-refractivity contribution in [2.45, 2.75) is 26.7 Å². The van der Waals surface area contributed by atoms with Gasteiger partial charge < -0.3 is 0 Å². The zero-order valence-electron chi connectivity index (χ0n) is 6.61. The Hall–Kier alpha value is 0.0900. The van der Waals surface area contributed by atoms with Gasteiger partial charge in [-0.2, -0.15) is 11.8 Å². The Morgan fingerprint density at radius 2 is 2.11 bits per heavy atom. The third-order valence-corrected chi connectivity index (χ3v) is 1.80. The van der Waals surface area contributed by atoms with Crippen LogP contribution in [0.2, 0.25) is 0 Å². The molecule has 0 aliphatic heterocycles. The van der Waals surface area contributed by atoms with Crippen molar-refractivity contribution in [3.8, 4) is 0 Å². The summed E-state index contributed by atoms with van der Waals surface area (Å²) < 4.78 is 0. The minimum Gasteiger partial charge on any atom is -0.165 e. The van der Waals surface area contributed by atoms with Crippen molar-refractivity contribution < 1.29 is 0 Å². The summed E-state index contributed by atoms with van der Waals surface area (Å²) in [6, 6.07) is 0.